The molecule has 1 atom stereocenters. The second kappa shape index (κ2) is 4.38. The van der Waals surface area contributed by atoms with E-state index in [0.717, 1.165) is 4.57 Å². The number of aryl methyl sites for hydroxylation is 1. The Hall–Kier alpha value is -2.38. The second-order valence-electron chi connectivity index (χ2n) is 4.24. The predicted octanol–water partition coefficient (Wildman–Crippen LogP) is -0.485. The van der Waals surface area contributed by atoms with Gasteiger partial charge in [0.1, 0.15) is 6.33 Å². The van der Waals surface area contributed by atoms with E-state index < -0.39 is 23.4 Å². The topological polar surface area (TPSA) is 88.1 Å². The molecular weight excluding hydrogens is 252 g/mol. The van der Waals surface area contributed by atoms with E-state index >= 15 is 0 Å². The maximum Gasteiger partial charge on any atom is 0.332 e. The van der Waals surface area contributed by atoms with Gasteiger partial charge in [-0.15, -0.1) is 0 Å². The Bertz CT molecular complexity index is 767. The monoisotopic (exact) mass is 266 g/mol. The molecule has 1 unspecified atom stereocenters. The standard InChI is InChI=1S/C11H14N4O4/c1-6(19-7(2)16)15-5-12-9-8(15)10(17)14(4)11(18)13(9)3/h5-6H,1-4H3. The first-order chi connectivity index (χ1) is 8.84. The van der Waals surface area contributed by atoms with Crippen LogP contribution in [0.25, 0.3) is 11.2 Å². The van der Waals surface area contributed by atoms with Gasteiger partial charge in [-0.25, -0.2) is 9.78 Å². The molecule has 0 bridgehead atoms. The van der Waals surface area contributed by atoms with Crippen LogP contribution in [0.15, 0.2) is 15.9 Å². The van der Waals surface area contributed by atoms with E-state index in [4.69, 9.17) is 4.74 Å². The molecule has 2 heterocycles. The van der Waals surface area contributed by atoms with Crippen molar-refractivity contribution in [2.45, 2.75) is 20.1 Å². The minimum absolute atomic E-state index is 0.221. The molecule has 0 spiro atoms. The Balaban J connectivity index is 2.77. The van der Waals surface area contributed by atoms with Crippen molar-refractivity contribution in [2.24, 2.45) is 14.1 Å². The van der Waals surface area contributed by atoms with Gasteiger partial charge in [-0.05, 0) is 6.92 Å². The van der Waals surface area contributed by atoms with Gasteiger partial charge in [0.25, 0.3) is 5.56 Å². The number of aromatic nitrogens is 4. The summed E-state index contributed by atoms with van der Waals surface area (Å²) >= 11 is 0. The van der Waals surface area contributed by atoms with E-state index in [2.05, 4.69) is 4.98 Å². The zero-order valence-corrected chi connectivity index (χ0v) is 11.1. The maximum atomic E-state index is 12.1. The summed E-state index contributed by atoms with van der Waals surface area (Å²) in [6, 6.07) is 0. The quantitative estimate of drug-likeness (QED) is 0.685. The largest absolute Gasteiger partial charge is 0.442 e. The van der Waals surface area contributed by atoms with Gasteiger partial charge in [0.2, 0.25) is 0 Å². The van der Waals surface area contributed by atoms with Crippen molar-refractivity contribution in [3.05, 3.63) is 27.2 Å². The van der Waals surface area contributed by atoms with Crippen LogP contribution in [0.2, 0.25) is 0 Å². The average Bonchev–Trinajstić information content (AvgIpc) is 2.77. The first-order valence-corrected chi connectivity index (χ1v) is 5.64. The number of ether oxygens (including phenoxy) is 1. The molecule has 8 nitrogen and oxygen atoms in total. The van der Waals surface area contributed by atoms with Crippen LogP contribution in [0.4, 0.5) is 0 Å². The lowest BCUT2D eigenvalue weighted by Gasteiger charge is -2.14. The molecular formula is C11H14N4O4. The molecule has 2 aromatic heterocycles. The summed E-state index contributed by atoms with van der Waals surface area (Å²) in [5, 5.41) is 0. The summed E-state index contributed by atoms with van der Waals surface area (Å²) < 4.78 is 8.70. The zero-order chi connectivity index (χ0) is 14.3. The smallest absolute Gasteiger partial charge is 0.332 e. The average molecular weight is 266 g/mol. The lowest BCUT2D eigenvalue weighted by molar-refractivity contribution is -0.149. The number of nitrogens with zero attached hydrogens (tertiary/aromatic N) is 4. The lowest BCUT2D eigenvalue weighted by Crippen LogP contribution is -2.37. The fraction of sp³-hybridized carbons (Fsp3) is 0.455. The van der Waals surface area contributed by atoms with Gasteiger partial charge < -0.3 is 4.74 Å². The molecule has 0 radical (unpaired) electrons. The summed E-state index contributed by atoms with van der Waals surface area (Å²) in [7, 11) is 2.91. The van der Waals surface area contributed by atoms with Crippen molar-refractivity contribution < 1.29 is 9.53 Å². The molecule has 8 heteroatoms. The summed E-state index contributed by atoms with van der Waals surface area (Å²) in [5.41, 5.74) is -0.456. The molecule has 102 valence electrons. The molecule has 0 aliphatic rings. The second-order valence-corrected chi connectivity index (χ2v) is 4.24. The molecule has 0 N–H and O–H groups in total. The van der Waals surface area contributed by atoms with Crippen LogP contribution in [0.3, 0.4) is 0 Å². The number of rotatable bonds is 2. The van der Waals surface area contributed by atoms with Crippen molar-refractivity contribution in [1.82, 2.24) is 18.7 Å². The van der Waals surface area contributed by atoms with Crippen LogP contribution >= 0.6 is 0 Å². The highest BCUT2D eigenvalue weighted by Crippen LogP contribution is 2.14. The molecule has 0 amide bonds. The number of esters is 1. The first kappa shape index (κ1) is 13.1. The van der Waals surface area contributed by atoms with Crippen LogP contribution in [-0.4, -0.2) is 24.7 Å². The lowest BCUT2D eigenvalue weighted by atomic mass is 10.4. The van der Waals surface area contributed by atoms with Crippen molar-refractivity contribution in [2.75, 3.05) is 0 Å². The third kappa shape index (κ3) is 1.94. The van der Waals surface area contributed by atoms with E-state index in [1.807, 2.05) is 0 Å². The Labute approximate surface area is 107 Å². The SMILES string of the molecule is CC(=O)OC(C)n1cnc2c1c(=O)n(C)c(=O)n2C. The van der Waals surface area contributed by atoms with Crippen LogP contribution in [0, 0.1) is 0 Å². The van der Waals surface area contributed by atoms with E-state index in [1.165, 1.54) is 36.5 Å². The third-order valence-corrected chi connectivity index (χ3v) is 2.90. The number of fused-ring (bicyclic) bond motifs is 1. The Kier molecular flexibility index (Phi) is 3.01. The molecule has 0 saturated carbocycles. The van der Waals surface area contributed by atoms with Crippen molar-refractivity contribution >= 4 is 17.1 Å². The van der Waals surface area contributed by atoms with Gasteiger partial charge in [0.15, 0.2) is 17.4 Å². The first-order valence-electron chi connectivity index (χ1n) is 5.64. The van der Waals surface area contributed by atoms with Crippen LogP contribution in [0.1, 0.15) is 20.1 Å². The molecule has 0 aromatic carbocycles. The number of hydrogen-bond donors (Lipinski definition) is 0. The summed E-state index contributed by atoms with van der Waals surface area (Å²) in [5.74, 6) is -0.462. The highest BCUT2D eigenvalue weighted by Gasteiger charge is 2.18. The van der Waals surface area contributed by atoms with Crippen molar-refractivity contribution in [3.63, 3.8) is 0 Å². The van der Waals surface area contributed by atoms with Crippen LogP contribution in [-0.2, 0) is 23.6 Å². The third-order valence-electron chi connectivity index (χ3n) is 2.90. The number of hydrogen-bond acceptors (Lipinski definition) is 5. The Morgan fingerprint density at radius 2 is 1.95 bits per heavy atom. The van der Waals surface area contributed by atoms with Crippen molar-refractivity contribution in [3.8, 4) is 0 Å². The number of imidazole rings is 1. The highest BCUT2D eigenvalue weighted by atomic mass is 16.6. The molecule has 2 rings (SSSR count). The van der Waals surface area contributed by atoms with Crippen LogP contribution in [0.5, 0.6) is 0 Å². The highest BCUT2D eigenvalue weighted by molar-refractivity contribution is 5.70. The van der Waals surface area contributed by atoms with Gasteiger partial charge in [0.05, 0.1) is 0 Å². The van der Waals surface area contributed by atoms with Crippen molar-refractivity contribution in [1.29, 1.82) is 0 Å². The fourth-order valence-electron chi connectivity index (χ4n) is 1.94. The molecule has 0 aliphatic carbocycles. The minimum Gasteiger partial charge on any atom is -0.442 e. The summed E-state index contributed by atoms with van der Waals surface area (Å²) in [6.45, 7) is 2.90. The molecule has 19 heavy (non-hydrogen) atoms. The molecule has 0 aliphatic heterocycles. The van der Waals surface area contributed by atoms with E-state index in [9.17, 15) is 14.4 Å². The molecule has 2 aromatic rings. The van der Waals surface area contributed by atoms with Gasteiger partial charge in [-0.1, -0.05) is 0 Å². The zero-order valence-electron chi connectivity index (χ0n) is 11.1. The fourth-order valence-corrected chi connectivity index (χ4v) is 1.94. The maximum absolute atomic E-state index is 12.1. The normalized spacial score (nSPS) is 12.6. The van der Waals surface area contributed by atoms with Gasteiger partial charge >= 0.3 is 11.7 Å². The van der Waals surface area contributed by atoms with E-state index in [1.54, 1.807) is 6.92 Å². The number of carbonyl (C=O) groups excluding carboxylic acids is 1. The summed E-state index contributed by atoms with van der Waals surface area (Å²) in [6.07, 6.45) is 0.701. The van der Waals surface area contributed by atoms with Crippen LogP contribution < -0.4 is 11.2 Å². The summed E-state index contributed by atoms with van der Waals surface area (Å²) in [4.78, 5) is 38.9. The molecule has 0 fully saturated rings. The Morgan fingerprint density at radius 3 is 2.53 bits per heavy atom. The van der Waals surface area contributed by atoms with Gasteiger partial charge in [0, 0.05) is 21.0 Å². The molecule has 0 saturated heterocycles. The van der Waals surface area contributed by atoms with E-state index in [-0.39, 0.29) is 11.2 Å². The number of carbonyl (C=O) groups is 1. The van der Waals surface area contributed by atoms with E-state index in [0.29, 0.717) is 0 Å². The van der Waals surface area contributed by atoms with Gasteiger partial charge in [-0.2, -0.15) is 0 Å². The Morgan fingerprint density at radius 1 is 1.32 bits per heavy atom. The minimum atomic E-state index is -0.673. The van der Waals surface area contributed by atoms with Gasteiger partial charge in [-0.3, -0.25) is 23.3 Å². The predicted molar refractivity (Wildman–Crippen MR) is 66.7 cm³/mol.